The number of aryl methyl sites for hydroxylation is 1. The largest absolute Gasteiger partial charge is 0.383 e. The Labute approximate surface area is 97.7 Å². The molecule has 3 N–H and O–H groups in total. The third-order valence-electron chi connectivity index (χ3n) is 2.62. The predicted octanol–water partition coefficient (Wildman–Crippen LogP) is 1.91. The standard InChI is InChI=1S/C12H11N5/c1-7-14-11(13)9-10(16-17-12(9)15-7)8-5-3-2-4-6-8/h2-6H,1H3,(H3,13,14,15,16,17). The van der Waals surface area contributed by atoms with Gasteiger partial charge in [0.05, 0.1) is 11.1 Å². The van der Waals surface area contributed by atoms with Crippen LogP contribution >= 0.6 is 0 Å². The number of nitrogens with zero attached hydrogens (tertiary/aromatic N) is 3. The highest BCUT2D eigenvalue weighted by atomic mass is 15.2. The van der Waals surface area contributed by atoms with Crippen LogP contribution in [0.1, 0.15) is 5.82 Å². The van der Waals surface area contributed by atoms with Crippen molar-refractivity contribution < 1.29 is 0 Å². The minimum atomic E-state index is 0.458. The number of benzene rings is 1. The van der Waals surface area contributed by atoms with Crippen molar-refractivity contribution in [2.45, 2.75) is 6.92 Å². The van der Waals surface area contributed by atoms with E-state index < -0.39 is 0 Å². The Morgan fingerprint density at radius 1 is 1.12 bits per heavy atom. The van der Waals surface area contributed by atoms with Gasteiger partial charge >= 0.3 is 0 Å². The molecule has 3 aromatic rings. The van der Waals surface area contributed by atoms with Gasteiger partial charge in [-0.15, -0.1) is 0 Å². The molecule has 0 unspecified atom stereocenters. The molecule has 2 aromatic heterocycles. The van der Waals surface area contributed by atoms with Gasteiger partial charge in [0.25, 0.3) is 0 Å². The second kappa shape index (κ2) is 3.55. The fourth-order valence-corrected chi connectivity index (χ4v) is 1.88. The maximum atomic E-state index is 5.93. The zero-order chi connectivity index (χ0) is 11.8. The van der Waals surface area contributed by atoms with Crippen LogP contribution in [0, 0.1) is 6.92 Å². The summed E-state index contributed by atoms with van der Waals surface area (Å²) in [4.78, 5) is 8.42. The molecule has 0 atom stereocenters. The smallest absolute Gasteiger partial charge is 0.187 e. The number of hydrogen-bond donors (Lipinski definition) is 2. The minimum Gasteiger partial charge on any atom is -0.383 e. The van der Waals surface area contributed by atoms with Gasteiger partial charge in [0.2, 0.25) is 0 Å². The molecular weight excluding hydrogens is 214 g/mol. The first-order valence-corrected chi connectivity index (χ1v) is 5.29. The van der Waals surface area contributed by atoms with Gasteiger partial charge in [-0.05, 0) is 6.92 Å². The lowest BCUT2D eigenvalue weighted by Gasteiger charge is -2.00. The van der Waals surface area contributed by atoms with Gasteiger partial charge in [-0.1, -0.05) is 30.3 Å². The lowest BCUT2D eigenvalue weighted by atomic mass is 10.1. The zero-order valence-electron chi connectivity index (χ0n) is 9.31. The summed E-state index contributed by atoms with van der Waals surface area (Å²) in [6.07, 6.45) is 0. The van der Waals surface area contributed by atoms with E-state index >= 15 is 0 Å². The lowest BCUT2D eigenvalue weighted by Crippen LogP contribution is -1.96. The van der Waals surface area contributed by atoms with E-state index in [0.717, 1.165) is 16.6 Å². The zero-order valence-corrected chi connectivity index (χ0v) is 9.31. The highest BCUT2D eigenvalue weighted by molar-refractivity contribution is 5.97. The monoisotopic (exact) mass is 225 g/mol. The van der Waals surface area contributed by atoms with Crippen LogP contribution in [0.5, 0.6) is 0 Å². The number of fused-ring (bicyclic) bond motifs is 1. The molecule has 0 fully saturated rings. The highest BCUT2D eigenvalue weighted by Crippen LogP contribution is 2.28. The Morgan fingerprint density at radius 3 is 2.65 bits per heavy atom. The number of rotatable bonds is 1. The van der Waals surface area contributed by atoms with Gasteiger partial charge in [-0.3, -0.25) is 5.10 Å². The molecule has 0 aliphatic heterocycles. The first kappa shape index (κ1) is 9.77. The number of anilines is 1. The first-order chi connectivity index (χ1) is 8.25. The molecule has 0 saturated heterocycles. The van der Waals surface area contributed by atoms with Crippen molar-refractivity contribution in [1.82, 2.24) is 20.2 Å². The van der Waals surface area contributed by atoms with Crippen LogP contribution in [-0.2, 0) is 0 Å². The summed E-state index contributed by atoms with van der Waals surface area (Å²) in [5, 5.41) is 7.91. The third kappa shape index (κ3) is 1.52. The summed E-state index contributed by atoms with van der Waals surface area (Å²) >= 11 is 0. The molecule has 0 bridgehead atoms. The van der Waals surface area contributed by atoms with E-state index in [1.54, 1.807) is 6.92 Å². The van der Waals surface area contributed by atoms with Crippen LogP contribution in [0.3, 0.4) is 0 Å². The second-order valence-electron chi connectivity index (χ2n) is 3.82. The molecule has 84 valence electrons. The van der Waals surface area contributed by atoms with Crippen molar-refractivity contribution in [3.05, 3.63) is 36.2 Å². The van der Waals surface area contributed by atoms with E-state index in [-0.39, 0.29) is 0 Å². The van der Waals surface area contributed by atoms with Crippen LogP contribution in [-0.4, -0.2) is 20.2 Å². The molecule has 3 rings (SSSR count). The quantitative estimate of drug-likeness (QED) is 0.663. The Balaban J connectivity index is 2.32. The molecule has 1 aromatic carbocycles. The van der Waals surface area contributed by atoms with Crippen LogP contribution in [0.25, 0.3) is 22.3 Å². The molecule has 0 saturated carbocycles. The average molecular weight is 225 g/mol. The molecule has 5 nitrogen and oxygen atoms in total. The van der Waals surface area contributed by atoms with Crippen molar-refractivity contribution >= 4 is 16.9 Å². The van der Waals surface area contributed by atoms with Crippen LogP contribution in [0.2, 0.25) is 0 Å². The van der Waals surface area contributed by atoms with Gasteiger partial charge in [-0.25, -0.2) is 9.97 Å². The van der Waals surface area contributed by atoms with E-state index in [9.17, 15) is 0 Å². The molecule has 0 aliphatic rings. The molecule has 17 heavy (non-hydrogen) atoms. The SMILES string of the molecule is Cc1nc(N)c2c(-c3ccccc3)[nH]nc2n1. The van der Waals surface area contributed by atoms with E-state index in [0.29, 0.717) is 17.3 Å². The van der Waals surface area contributed by atoms with Crippen LogP contribution in [0.4, 0.5) is 5.82 Å². The second-order valence-corrected chi connectivity index (χ2v) is 3.82. The summed E-state index contributed by atoms with van der Waals surface area (Å²) in [5.41, 5.74) is 8.42. The molecule has 2 heterocycles. The van der Waals surface area contributed by atoms with Gasteiger partial charge in [-0.2, -0.15) is 5.10 Å². The first-order valence-electron chi connectivity index (χ1n) is 5.29. The third-order valence-corrected chi connectivity index (χ3v) is 2.62. The normalized spacial score (nSPS) is 10.9. The predicted molar refractivity (Wildman–Crippen MR) is 66.3 cm³/mol. The summed E-state index contributed by atoms with van der Waals surface area (Å²) in [7, 11) is 0. The fourth-order valence-electron chi connectivity index (χ4n) is 1.88. The average Bonchev–Trinajstić information content (AvgIpc) is 2.74. The van der Waals surface area contributed by atoms with E-state index in [1.807, 2.05) is 30.3 Å². The fraction of sp³-hybridized carbons (Fsp3) is 0.0833. The highest BCUT2D eigenvalue weighted by Gasteiger charge is 2.12. The Kier molecular flexibility index (Phi) is 2.04. The van der Waals surface area contributed by atoms with Gasteiger partial charge in [0, 0.05) is 5.56 Å². The number of H-pyrrole nitrogens is 1. The van der Waals surface area contributed by atoms with Gasteiger partial charge < -0.3 is 5.73 Å². The van der Waals surface area contributed by atoms with Crippen LogP contribution < -0.4 is 5.73 Å². The number of nitrogens with two attached hydrogens (primary N) is 1. The number of aromatic nitrogens is 4. The maximum absolute atomic E-state index is 5.93. The molecule has 5 heteroatoms. The number of nitrogens with one attached hydrogen (secondary N) is 1. The molecular formula is C12H11N5. The topological polar surface area (TPSA) is 80.5 Å². The van der Waals surface area contributed by atoms with Gasteiger partial charge in [0.15, 0.2) is 5.65 Å². The van der Waals surface area contributed by atoms with Crippen molar-refractivity contribution in [2.75, 3.05) is 5.73 Å². The Hall–Kier alpha value is -2.43. The van der Waals surface area contributed by atoms with Crippen LogP contribution in [0.15, 0.2) is 30.3 Å². The number of hydrogen-bond acceptors (Lipinski definition) is 4. The number of aromatic amines is 1. The number of nitrogen functional groups attached to an aromatic ring is 1. The van der Waals surface area contributed by atoms with E-state index in [4.69, 9.17) is 5.73 Å². The van der Waals surface area contributed by atoms with Crippen molar-refractivity contribution in [1.29, 1.82) is 0 Å². The Bertz CT molecular complexity index is 672. The summed E-state index contributed by atoms with van der Waals surface area (Å²) in [6, 6.07) is 9.88. The summed E-state index contributed by atoms with van der Waals surface area (Å²) in [6.45, 7) is 1.80. The molecule has 0 aliphatic carbocycles. The van der Waals surface area contributed by atoms with Gasteiger partial charge in [0.1, 0.15) is 11.6 Å². The lowest BCUT2D eigenvalue weighted by molar-refractivity contribution is 1.05. The maximum Gasteiger partial charge on any atom is 0.187 e. The van der Waals surface area contributed by atoms with E-state index in [1.165, 1.54) is 0 Å². The molecule has 0 spiro atoms. The minimum absolute atomic E-state index is 0.458. The summed E-state index contributed by atoms with van der Waals surface area (Å²) < 4.78 is 0. The Morgan fingerprint density at radius 2 is 1.88 bits per heavy atom. The van der Waals surface area contributed by atoms with Crippen molar-refractivity contribution in [3.8, 4) is 11.3 Å². The molecule has 0 radical (unpaired) electrons. The van der Waals surface area contributed by atoms with E-state index in [2.05, 4.69) is 20.2 Å². The molecule has 0 amide bonds. The van der Waals surface area contributed by atoms with Crippen molar-refractivity contribution in [2.24, 2.45) is 0 Å². The van der Waals surface area contributed by atoms with Crippen molar-refractivity contribution in [3.63, 3.8) is 0 Å². The summed E-state index contributed by atoms with van der Waals surface area (Å²) in [5.74, 6) is 1.08.